The quantitative estimate of drug-likeness (QED) is 0.561. The van der Waals surface area contributed by atoms with Gasteiger partial charge in [-0.1, -0.05) is 20.3 Å². The van der Waals surface area contributed by atoms with Crippen LogP contribution in [0.15, 0.2) is 0 Å². The van der Waals surface area contributed by atoms with Crippen molar-refractivity contribution in [1.82, 2.24) is 10.2 Å². The van der Waals surface area contributed by atoms with Gasteiger partial charge in [0, 0.05) is 0 Å². The molecule has 2 heteroatoms. The van der Waals surface area contributed by atoms with Crippen LogP contribution in [0.2, 0.25) is 0 Å². The summed E-state index contributed by atoms with van der Waals surface area (Å²) >= 11 is 0. The molecule has 0 unspecified atom stereocenters. The predicted molar refractivity (Wildman–Crippen MR) is 55.6 cm³/mol. The van der Waals surface area contributed by atoms with Crippen molar-refractivity contribution < 1.29 is 0 Å². The van der Waals surface area contributed by atoms with E-state index in [1.807, 2.05) is 0 Å². The standard InChI is InChI=1S/C10H24N2/c1-4-11-9-7-6-8-10-12(3)5-2/h11H,4-10H2,1-3H3. The minimum atomic E-state index is 1.11. The zero-order valence-electron chi connectivity index (χ0n) is 8.90. The van der Waals surface area contributed by atoms with Crippen LogP contribution in [-0.4, -0.2) is 38.1 Å². The number of hydrogen-bond acceptors (Lipinski definition) is 2. The lowest BCUT2D eigenvalue weighted by molar-refractivity contribution is 0.341. The molecule has 12 heavy (non-hydrogen) atoms. The summed E-state index contributed by atoms with van der Waals surface area (Å²) in [5, 5.41) is 3.34. The zero-order valence-corrected chi connectivity index (χ0v) is 8.90. The second kappa shape index (κ2) is 9.01. The Morgan fingerprint density at radius 2 is 1.83 bits per heavy atom. The van der Waals surface area contributed by atoms with E-state index >= 15 is 0 Å². The van der Waals surface area contributed by atoms with Crippen LogP contribution < -0.4 is 5.32 Å². The van der Waals surface area contributed by atoms with Gasteiger partial charge in [-0.25, -0.2) is 0 Å². The maximum Gasteiger partial charge on any atom is -0.00219 e. The van der Waals surface area contributed by atoms with Gasteiger partial charge in [0.25, 0.3) is 0 Å². The van der Waals surface area contributed by atoms with Gasteiger partial charge >= 0.3 is 0 Å². The third kappa shape index (κ3) is 8.02. The van der Waals surface area contributed by atoms with E-state index in [0.717, 1.165) is 6.54 Å². The summed E-state index contributed by atoms with van der Waals surface area (Å²) in [4.78, 5) is 2.37. The fourth-order valence-electron chi connectivity index (χ4n) is 1.14. The minimum absolute atomic E-state index is 1.11. The highest BCUT2D eigenvalue weighted by molar-refractivity contribution is 4.50. The molecule has 0 spiro atoms. The lowest BCUT2D eigenvalue weighted by Crippen LogP contribution is -2.19. The van der Waals surface area contributed by atoms with Gasteiger partial charge < -0.3 is 10.2 Å². The molecule has 0 aromatic rings. The van der Waals surface area contributed by atoms with Crippen molar-refractivity contribution in [3.8, 4) is 0 Å². The van der Waals surface area contributed by atoms with Gasteiger partial charge in [-0.2, -0.15) is 0 Å². The summed E-state index contributed by atoms with van der Waals surface area (Å²) in [5.41, 5.74) is 0. The first-order valence-electron chi connectivity index (χ1n) is 5.20. The normalized spacial score (nSPS) is 11.0. The topological polar surface area (TPSA) is 15.3 Å². The molecule has 0 aliphatic heterocycles. The predicted octanol–water partition coefficient (Wildman–Crippen LogP) is 1.72. The van der Waals surface area contributed by atoms with Gasteiger partial charge in [-0.3, -0.25) is 0 Å². The Morgan fingerprint density at radius 3 is 2.42 bits per heavy atom. The second-order valence-electron chi connectivity index (χ2n) is 3.31. The van der Waals surface area contributed by atoms with Crippen LogP contribution in [-0.2, 0) is 0 Å². The van der Waals surface area contributed by atoms with Crippen molar-refractivity contribution >= 4 is 0 Å². The molecular weight excluding hydrogens is 148 g/mol. The van der Waals surface area contributed by atoms with Crippen LogP contribution in [0.1, 0.15) is 33.1 Å². The number of hydrogen-bond donors (Lipinski definition) is 1. The van der Waals surface area contributed by atoms with Crippen molar-refractivity contribution in [2.75, 3.05) is 33.2 Å². The van der Waals surface area contributed by atoms with Gasteiger partial charge in [0.15, 0.2) is 0 Å². The second-order valence-corrected chi connectivity index (χ2v) is 3.31. The lowest BCUT2D eigenvalue weighted by Gasteiger charge is -2.12. The zero-order chi connectivity index (χ0) is 9.23. The Kier molecular flexibility index (Phi) is 8.95. The summed E-state index contributed by atoms with van der Waals surface area (Å²) in [6.07, 6.45) is 4.03. The van der Waals surface area contributed by atoms with Crippen molar-refractivity contribution in [1.29, 1.82) is 0 Å². The minimum Gasteiger partial charge on any atom is -0.317 e. The molecule has 0 aliphatic carbocycles. The maximum absolute atomic E-state index is 3.34. The summed E-state index contributed by atoms with van der Waals surface area (Å²) in [5.74, 6) is 0. The van der Waals surface area contributed by atoms with E-state index in [0.29, 0.717) is 0 Å². The lowest BCUT2D eigenvalue weighted by atomic mass is 10.2. The van der Waals surface area contributed by atoms with Gasteiger partial charge in [0.2, 0.25) is 0 Å². The van der Waals surface area contributed by atoms with E-state index < -0.39 is 0 Å². The average molecular weight is 172 g/mol. The van der Waals surface area contributed by atoms with Gasteiger partial charge in [0.1, 0.15) is 0 Å². The van der Waals surface area contributed by atoms with E-state index in [9.17, 15) is 0 Å². The monoisotopic (exact) mass is 172 g/mol. The first kappa shape index (κ1) is 11.9. The molecule has 0 heterocycles. The average Bonchev–Trinajstić information content (AvgIpc) is 2.10. The van der Waals surface area contributed by atoms with E-state index in [1.165, 1.54) is 38.9 Å². The molecule has 0 atom stereocenters. The van der Waals surface area contributed by atoms with Crippen LogP contribution in [0.5, 0.6) is 0 Å². The number of nitrogens with zero attached hydrogens (tertiary/aromatic N) is 1. The molecule has 0 saturated heterocycles. The third-order valence-electron chi connectivity index (χ3n) is 2.18. The number of nitrogens with one attached hydrogen (secondary N) is 1. The molecule has 2 nitrogen and oxygen atoms in total. The van der Waals surface area contributed by atoms with Gasteiger partial charge in [0.05, 0.1) is 0 Å². The van der Waals surface area contributed by atoms with E-state index in [4.69, 9.17) is 0 Å². The Hall–Kier alpha value is -0.0800. The van der Waals surface area contributed by atoms with Gasteiger partial charge in [-0.15, -0.1) is 0 Å². The molecule has 0 bridgehead atoms. The Bertz CT molecular complexity index is 83.9. The molecule has 0 aromatic carbocycles. The van der Waals surface area contributed by atoms with Crippen LogP contribution in [0.4, 0.5) is 0 Å². The Morgan fingerprint density at radius 1 is 1.08 bits per heavy atom. The van der Waals surface area contributed by atoms with Crippen molar-refractivity contribution in [2.24, 2.45) is 0 Å². The van der Waals surface area contributed by atoms with Crippen molar-refractivity contribution in [3.63, 3.8) is 0 Å². The largest absolute Gasteiger partial charge is 0.317 e. The molecule has 0 rings (SSSR count). The van der Waals surface area contributed by atoms with E-state index in [1.54, 1.807) is 0 Å². The van der Waals surface area contributed by atoms with Gasteiger partial charge in [-0.05, 0) is 46.1 Å². The van der Waals surface area contributed by atoms with E-state index in [2.05, 4.69) is 31.1 Å². The van der Waals surface area contributed by atoms with Crippen molar-refractivity contribution in [3.05, 3.63) is 0 Å². The fourth-order valence-corrected chi connectivity index (χ4v) is 1.14. The highest BCUT2D eigenvalue weighted by atomic mass is 15.1. The summed E-state index contributed by atoms with van der Waals surface area (Å²) in [6.45, 7) is 9.08. The molecule has 0 aromatic heterocycles. The van der Waals surface area contributed by atoms with Crippen molar-refractivity contribution in [2.45, 2.75) is 33.1 Å². The molecule has 0 fully saturated rings. The maximum atomic E-state index is 3.34. The molecule has 0 radical (unpaired) electrons. The Balaban J connectivity index is 2.90. The SMILES string of the molecule is CCNCCCCCN(C)CC. The number of unbranched alkanes of at least 4 members (excludes halogenated alkanes) is 2. The smallest absolute Gasteiger partial charge is 0.00219 e. The number of rotatable bonds is 8. The summed E-state index contributed by atoms with van der Waals surface area (Å²) < 4.78 is 0. The van der Waals surface area contributed by atoms with Crippen LogP contribution in [0.25, 0.3) is 0 Å². The fraction of sp³-hybridized carbons (Fsp3) is 1.00. The van der Waals surface area contributed by atoms with Crippen LogP contribution >= 0.6 is 0 Å². The first-order valence-corrected chi connectivity index (χ1v) is 5.20. The highest BCUT2D eigenvalue weighted by Crippen LogP contribution is 1.95. The van der Waals surface area contributed by atoms with Crippen LogP contribution in [0, 0.1) is 0 Å². The highest BCUT2D eigenvalue weighted by Gasteiger charge is 1.93. The summed E-state index contributed by atoms with van der Waals surface area (Å²) in [6, 6.07) is 0. The van der Waals surface area contributed by atoms with E-state index in [-0.39, 0.29) is 0 Å². The molecular formula is C10H24N2. The molecule has 0 amide bonds. The van der Waals surface area contributed by atoms with Crippen LogP contribution in [0.3, 0.4) is 0 Å². The third-order valence-corrected chi connectivity index (χ3v) is 2.18. The molecule has 74 valence electrons. The molecule has 0 aliphatic rings. The summed E-state index contributed by atoms with van der Waals surface area (Å²) in [7, 11) is 2.18. The molecule has 1 N–H and O–H groups in total. The molecule has 0 saturated carbocycles. The first-order chi connectivity index (χ1) is 5.81. The Labute approximate surface area is 77.3 Å².